The number of aromatic carboxylic acids is 1. The normalized spacial score (nSPS) is 10.4. The Morgan fingerprint density at radius 1 is 1.45 bits per heavy atom. The summed E-state index contributed by atoms with van der Waals surface area (Å²) in [6.45, 7) is 0.380. The number of carbonyl (C=O) groups excluding carboxylic acids is 1. The molecule has 0 spiro atoms. The Morgan fingerprint density at radius 3 is 2.85 bits per heavy atom. The van der Waals surface area contributed by atoms with Crippen molar-refractivity contribution in [2.75, 3.05) is 6.54 Å². The Bertz CT molecular complexity index is 617. The molecule has 0 aliphatic rings. The van der Waals surface area contributed by atoms with E-state index in [1.165, 1.54) is 10.9 Å². The predicted molar refractivity (Wildman–Crippen MR) is 66.9 cm³/mol. The first-order valence-electron chi connectivity index (χ1n) is 5.92. The summed E-state index contributed by atoms with van der Waals surface area (Å²) in [5.74, 6) is -0.563. The third-order valence-electron chi connectivity index (χ3n) is 2.66. The van der Waals surface area contributed by atoms with Gasteiger partial charge in [-0.05, 0) is 0 Å². The summed E-state index contributed by atoms with van der Waals surface area (Å²) < 4.78 is 3.06. The number of hydrogen-bond acceptors (Lipinski definition) is 5. The smallest absolute Gasteiger partial charge is 0.358 e. The fourth-order valence-electron chi connectivity index (χ4n) is 1.63. The minimum absolute atomic E-state index is 0.0686. The summed E-state index contributed by atoms with van der Waals surface area (Å²) in [5.41, 5.74) is -0.189. The van der Waals surface area contributed by atoms with E-state index in [9.17, 15) is 9.59 Å². The Morgan fingerprint density at radius 2 is 2.25 bits per heavy atom. The van der Waals surface area contributed by atoms with E-state index in [4.69, 9.17) is 5.11 Å². The molecule has 20 heavy (non-hydrogen) atoms. The van der Waals surface area contributed by atoms with Crippen molar-refractivity contribution in [1.82, 2.24) is 29.9 Å². The summed E-state index contributed by atoms with van der Waals surface area (Å²) in [5, 5.41) is 18.4. The molecule has 0 radical (unpaired) electrons. The van der Waals surface area contributed by atoms with Crippen LogP contribution in [0.25, 0.3) is 0 Å². The molecule has 2 aromatic rings. The van der Waals surface area contributed by atoms with Gasteiger partial charge in [-0.3, -0.25) is 4.79 Å². The Labute approximate surface area is 114 Å². The number of carboxylic acid groups (broad SMARTS) is 1. The highest BCUT2D eigenvalue weighted by Gasteiger charge is 2.10. The maximum Gasteiger partial charge on any atom is 0.358 e. The standard InChI is InChI=1S/C11H14N6O3/c1-16-5-4-12-9(16)2-3-13-10(18)7-17-6-8(11(19)20)14-15-17/h4-6H,2-3,7H2,1H3,(H,13,18)(H,19,20). The van der Waals surface area contributed by atoms with Crippen LogP contribution in [-0.2, 0) is 24.8 Å². The van der Waals surface area contributed by atoms with Gasteiger partial charge in [0.05, 0.1) is 6.20 Å². The van der Waals surface area contributed by atoms with Gasteiger partial charge >= 0.3 is 5.97 Å². The van der Waals surface area contributed by atoms with Crippen molar-refractivity contribution in [2.24, 2.45) is 7.05 Å². The van der Waals surface area contributed by atoms with Crippen LogP contribution in [0, 0.1) is 0 Å². The molecule has 1 amide bonds. The van der Waals surface area contributed by atoms with Crippen LogP contribution in [0.15, 0.2) is 18.6 Å². The number of aryl methyl sites for hydroxylation is 1. The van der Waals surface area contributed by atoms with Crippen molar-refractivity contribution < 1.29 is 14.7 Å². The molecular formula is C11H14N6O3. The van der Waals surface area contributed by atoms with Gasteiger partial charge in [-0.15, -0.1) is 5.10 Å². The third kappa shape index (κ3) is 3.40. The van der Waals surface area contributed by atoms with Crippen LogP contribution in [-0.4, -0.2) is 48.1 Å². The van der Waals surface area contributed by atoms with E-state index in [1.807, 2.05) is 17.8 Å². The molecule has 2 heterocycles. The number of carbonyl (C=O) groups is 2. The summed E-state index contributed by atoms with van der Waals surface area (Å²) in [4.78, 5) is 26.4. The second-order valence-electron chi connectivity index (χ2n) is 4.16. The highest BCUT2D eigenvalue weighted by Crippen LogP contribution is 1.95. The van der Waals surface area contributed by atoms with Crippen LogP contribution in [0.5, 0.6) is 0 Å². The molecule has 0 bridgehead atoms. The molecule has 0 saturated carbocycles. The number of rotatable bonds is 6. The second kappa shape index (κ2) is 5.95. The highest BCUT2D eigenvalue weighted by atomic mass is 16.4. The maximum absolute atomic E-state index is 11.6. The molecule has 0 aromatic carbocycles. The number of imidazole rings is 1. The Balaban J connectivity index is 1.77. The molecule has 0 unspecified atom stereocenters. The van der Waals surface area contributed by atoms with Gasteiger partial charge in [0.25, 0.3) is 0 Å². The van der Waals surface area contributed by atoms with Crippen LogP contribution >= 0.6 is 0 Å². The van der Waals surface area contributed by atoms with Gasteiger partial charge in [0.15, 0.2) is 5.69 Å². The molecule has 0 fully saturated rings. The van der Waals surface area contributed by atoms with Gasteiger partial charge in [0.1, 0.15) is 12.4 Å². The molecule has 0 aliphatic carbocycles. The van der Waals surface area contributed by atoms with Crippen molar-refractivity contribution in [2.45, 2.75) is 13.0 Å². The SMILES string of the molecule is Cn1ccnc1CCNC(=O)Cn1cc(C(=O)O)nn1. The minimum Gasteiger partial charge on any atom is -0.476 e. The molecule has 2 aromatic heterocycles. The van der Waals surface area contributed by atoms with Gasteiger partial charge in [0, 0.05) is 32.4 Å². The second-order valence-corrected chi connectivity index (χ2v) is 4.16. The molecule has 2 rings (SSSR count). The van der Waals surface area contributed by atoms with Crippen molar-refractivity contribution in [1.29, 1.82) is 0 Å². The quantitative estimate of drug-likeness (QED) is 0.705. The fraction of sp³-hybridized carbons (Fsp3) is 0.364. The van der Waals surface area contributed by atoms with E-state index >= 15 is 0 Å². The third-order valence-corrected chi connectivity index (χ3v) is 2.66. The van der Waals surface area contributed by atoms with Crippen LogP contribution in [0.3, 0.4) is 0 Å². The number of amides is 1. The largest absolute Gasteiger partial charge is 0.476 e. The molecule has 106 valence electrons. The topological polar surface area (TPSA) is 115 Å². The number of hydrogen-bond donors (Lipinski definition) is 2. The molecule has 0 aliphatic heterocycles. The maximum atomic E-state index is 11.6. The summed E-state index contributed by atoms with van der Waals surface area (Å²) >= 11 is 0. The summed E-state index contributed by atoms with van der Waals surface area (Å²) in [6, 6.07) is 0. The van der Waals surface area contributed by atoms with Crippen LogP contribution in [0.2, 0.25) is 0 Å². The van der Waals surface area contributed by atoms with Crippen molar-refractivity contribution in [3.05, 3.63) is 30.1 Å². The lowest BCUT2D eigenvalue weighted by molar-refractivity contribution is -0.121. The van der Waals surface area contributed by atoms with Crippen LogP contribution in [0.1, 0.15) is 16.3 Å². The van der Waals surface area contributed by atoms with Crippen LogP contribution in [0.4, 0.5) is 0 Å². The first kappa shape index (κ1) is 13.7. The Hall–Kier alpha value is -2.71. The Kier molecular flexibility index (Phi) is 4.08. The fourth-order valence-corrected chi connectivity index (χ4v) is 1.63. The van der Waals surface area contributed by atoms with Crippen molar-refractivity contribution in [3.8, 4) is 0 Å². The average molecular weight is 278 g/mol. The summed E-state index contributed by atoms with van der Waals surface area (Å²) in [6.07, 6.45) is 5.35. The number of carboxylic acids is 1. The lowest BCUT2D eigenvalue weighted by Gasteiger charge is -2.05. The van der Waals surface area contributed by atoms with E-state index in [0.29, 0.717) is 13.0 Å². The lowest BCUT2D eigenvalue weighted by Crippen LogP contribution is -2.30. The van der Waals surface area contributed by atoms with Gasteiger partial charge in [-0.25, -0.2) is 14.5 Å². The van der Waals surface area contributed by atoms with Gasteiger partial charge in [-0.1, -0.05) is 5.21 Å². The molecule has 0 saturated heterocycles. The summed E-state index contributed by atoms with van der Waals surface area (Å²) in [7, 11) is 1.88. The molecule has 9 nitrogen and oxygen atoms in total. The molecule has 9 heteroatoms. The van der Waals surface area contributed by atoms with Crippen molar-refractivity contribution in [3.63, 3.8) is 0 Å². The van der Waals surface area contributed by atoms with E-state index in [2.05, 4.69) is 20.6 Å². The minimum atomic E-state index is -1.17. The van der Waals surface area contributed by atoms with E-state index < -0.39 is 5.97 Å². The van der Waals surface area contributed by atoms with E-state index in [0.717, 1.165) is 5.82 Å². The number of nitrogens with one attached hydrogen (secondary N) is 1. The zero-order valence-corrected chi connectivity index (χ0v) is 10.9. The zero-order chi connectivity index (χ0) is 14.5. The van der Waals surface area contributed by atoms with Crippen LogP contribution < -0.4 is 5.32 Å². The van der Waals surface area contributed by atoms with Crippen molar-refractivity contribution >= 4 is 11.9 Å². The first-order valence-corrected chi connectivity index (χ1v) is 5.92. The van der Waals surface area contributed by atoms with Gasteiger partial charge in [0.2, 0.25) is 5.91 Å². The predicted octanol–water partition coefficient (Wildman–Crippen LogP) is -0.931. The first-order chi connectivity index (χ1) is 9.56. The monoisotopic (exact) mass is 278 g/mol. The van der Waals surface area contributed by atoms with Gasteiger partial charge < -0.3 is 15.0 Å². The molecule has 2 N–H and O–H groups in total. The molecule has 0 atom stereocenters. The lowest BCUT2D eigenvalue weighted by atomic mass is 10.4. The number of aromatic nitrogens is 5. The zero-order valence-electron chi connectivity index (χ0n) is 10.9. The average Bonchev–Trinajstić information content (AvgIpc) is 2.99. The highest BCUT2D eigenvalue weighted by molar-refractivity contribution is 5.84. The van der Waals surface area contributed by atoms with Gasteiger partial charge in [-0.2, -0.15) is 0 Å². The molecular weight excluding hydrogens is 264 g/mol. The van der Waals surface area contributed by atoms with E-state index in [-0.39, 0.29) is 18.1 Å². The number of nitrogens with zero attached hydrogens (tertiary/aromatic N) is 5. The van der Waals surface area contributed by atoms with E-state index in [1.54, 1.807) is 6.20 Å².